The first-order valence-electron chi connectivity index (χ1n) is 11.8. The van der Waals surface area contributed by atoms with Gasteiger partial charge in [-0.2, -0.15) is 0 Å². The van der Waals surface area contributed by atoms with Crippen LogP contribution in [0.1, 0.15) is 31.7 Å². The van der Waals surface area contributed by atoms with E-state index in [1.807, 2.05) is 31.2 Å². The maximum atomic E-state index is 12.8. The third kappa shape index (κ3) is 7.18. The van der Waals surface area contributed by atoms with Crippen molar-refractivity contribution in [2.45, 2.75) is 32.7 Å². The van der Waals surface area contributed by atoms with Crippen LogP contribution in [0.15, 0.2) is 36.4 Å². The first-order chi connectivity index (χ1) is 17.0. The fraction of sp³-hybridized carbons (Fsp3) is 0.462. The highest BCUT2D eigenvalue weighted by Crippen LogP contribution is 2.40. The van der Waals surface area contributed by atoms with Crippen LogP contribution in [0.3, 0.4) is 0 Å². The van der Waals surface area contributed by atoms with Crippen molar-refractivity contribution in [1.29, 1.82) is 0 Å². The van der Waals surface area contributed by atoms with Crippen LogP contribution in [0, 0.1) is 5.92 Å². The van der Waals surface area contributed by atoms with Crippen LogP contribution in [0.25, 0.3) is 0 Å². The summed E-state index contributed by atoms with van der Waals surface area (Å²) in [5.74, 6) is 2.51. The van der Waals surface area contributed by atoms with E-state index in [2.05, 4.69) is 10.6 Å². The minimum absolute atomic E-state index is 0.0270. The van der Waals surface area contributed by atoms with E-state index in [-0.39, 0.29) is 17.9 Å². The minimum Gasteiger partial charge on any atom is -0.494 e. The summed E-state index contributed by atoms with van der Waals surface area (Å²) >= 11 is 0. The van der Waals surface area contributed by atoms with Gasteiger partial charge in [0.1, 0.15) is 5.75 Å². The lowest BCUT2D eigenvalue weighted by molar-refractivity contribution is -0.122. The van der Waals surface area contributed by atoms with E-state index >= 15 is 0 Å². The number of hydrogen-bond acceptors (Lipinski definition) is 6. The standard InChI is InChI=1S/C26H35N3O6/c1-5-35-21-8-6-19(7-9-21)17-27-24(30)14-18-10-12-29(13-11-18)26(31)28-20-15-22(32-2)25(34-4)23(16-20)33-3/h6-9,15-16,18H,5,10-14,17H2,1-4H3,(H,27,30)(H,28,31). The van der Waals surface area contributed by atoms with Gasteiger partial charge in [-0.1, -0.05) is 12.1 Å². The molecule has 9 nitrogen and oxygen atoms in total. The van der Waals surface area contributed by atoms with Crippen LogP contribution in [-0.2, 0) is 11.3 Å². The first kappa shape index (κ1) is 26.0. The topological polar surface area (TPSA) is 98.4 Å². The molecule has 1 aliphatic rings. The summed E-state index contributed by atoms with van der Waals surface area (Å²) in [5.41, 5.74) is 1.58. The highest BCUT2D eigenvalue weighted by atomic mass is 16.5. The third-order valence-electron chi connectivity index (χ3n) is 6.02. The molecule has 190 valence electrons. The molecular weight excluding hydrogens is 450 g/mol. The van der Waals surface area contributed by atoms with Gasteiger partial charge in [0.2, 0.25) is 11.7 Å². The smallest absolute Gasteiger partial charge is 0.321 e. The van der Waals surface area contributed by atoms with Gasteiger partial charge in [-0.25, -0.2) is 4.79 Å². The number of carbonyl (C=O) groups is 2. The number of methoxy groups -OCH3 is 3. The SMILES string of the molecule is CCOc1ccc(CNC(=O)CC2CCN(C(=O)Nc3cc(OC)c(OC)c(OC)c3)CC2)cc1. The van der Waals surface area contributed by atoms with Gasteiger partial charge in [-0.3, -0.25) is 4.79 Å². The van der Waals surface area contributed by atoms with Crippen molar-refractivity contribution in [3.05, 3.63) is 42.0 Å². The highest BCUT2D eigenvalue weighted by molar-refractivity contribution is 5.90. The monoisotopic (exact) mass is 485 g/mol. The second-order valence-corrected chi connectivity index (χ2v) is 8.33. The van der Waals surface area contributed by atoms with Gasteiger partial charge in [0.15, 0.2) is 11.5 Å². The second-order valence-electron chi connectivity index (χ2n) is 8.33. The fourth-order valence-corrected chi connectivity index (χ4v) is 4.10. The molecule has 1 aliphatic heterocycles. The number of amides is 3. The number of carbonyl (C=O) groups excluding carboxylic acids is 2. The molecular formula is C26H35N3O6. The molecule has 0 unspecified atom stereocenters. The Kier molecular flexibility index (Phi) is 9.46. The number of likely N-dealkylation sites (tertiary alicyclic amines) is 1. The van der Waals surface area contributed by atoms with E-state index in [9.17, 15) is 9.59 Å². The van der Waals surface area contributed by atoms with E-state index in [1.54, 1.807) is 17.0 Å². The maximum absolute atomic E-state index is 12.8. The number of hydrogen-bond donors (Lipinski definition) is 2. The lowest BCUT2D eigenvalue weighted by Gasteiger charge is -2.31. The average molecular weight is 486 g/mol. The molecule has 9 heteroatoms. The number of nitrogens with one attached hydrogen (secondary N) is 2. The summed E-state index contributed by atoms with van der Waals surface area (Å²) in [5, 5.41) is 5.89. The Morgan fingerprint density at radius 2 is 1.60 bits per heavy atom. The van der Waals surface area contributed by atoms with Crippen molar-refractivity contribution in [3.8, 4) is 23.0 Å². The molecule has 3 amide bonds. The fourth-order valence-electron chi connectivity index (χ4n) is 4.10. The van der Waals surface area contributed by atoms with Crippen LogP contribution in [0.2, 0.25) is 0 Å². The Balaban J connectivity index is 1.44. The molecule has 0 bridgehead atoms. The predicted molar refractivity (Wildman–Crippen MR) is 133 cm³/mol. The van der Waals surface area contributed by atoms with Crippen molar-refractivity contribution in [1.82, 2.24) is 10.2 Å². The Hall–Kier alpha value is -3.62. The molecule has 0 radical (unpaired) electrons. The number of benzene rings is 2. The van der Waals surface area contributed by atoms with Crippen molar-refractivity contribution >= 4 is 17.6 Å². The Morgan fingerprint density at radius 3 is 2.14 bits per heavy atom. The molecule has 0 aliphatic carbocycles. The largest absolute Gasteiger partial charge is 0.494 e. The average Bonchev–Trinajstić information content (AvgIpc) is 2.88. The van der Waals surface area contributed by atoms with Crippen LogP contribution in [0.4, 0.5) is 10.5 Å². The van der Waals surface area contributed by atoms with E-state index in [1.165, 1.54) is 21.3 Å². The Labute approximate surface area is 206 Å². The number of ether oxygens (including phenoxy) is 4. The Bertz CT molecular complexity index is 962. The molecule has 0 aromatic heterocycles. The summed E-state index contributed by atoms with van der Waals surface area (Å²) in [4.78, 5) is 27.0. The van der Waals surface area contributed by atoms with Gasteiger partial charge in [-0.05, 0) is 43.4 Å². The lowest BCUT2D eigenvalue weighted by atomic mass is 9.93. The lowest BCUT2D eigenvalue weighted by Crippen LogP contribution is -2.41. The molecule has 0 spiro atoms. The predicted octanol–water partition coefficient (Wildman–Crippen LogP) is 4.06. The highest BCUT2D eigenvalue weighted by Gasteiger charge is 2.25. The second kappa shape index (κ2) is 12.7. The molecule has 0 atom stereocenters. The van der Waals surface area contributed by atoms with Gasteiger partial charge in [-0.15, -0.1) is 0 Å². The van der Waals surface area contributed by atoms with Gasteiger partial charge in [0, 0.05) is 38.2 Å². The Morgan fingerprint density at radius 1 is 0.971 bits per heavy atom. The zero-order valence-electron chi connectivity index (χ0n) is 20.9. The maximum Gasteiger partial charge on any atom is 0.321 e. The van der Waals surface area contributed by atoms with Gasteiger partial charge < -0.3 is 34.5 Å². The zero-order valence-corrected chi connectivity index (χ0v) is 20.9. The van der Waals surface area contributed by atoms with Crippen LogP contribution >= 0.6 is 0 Å². The van der Waals surface area contributed by atoms with Gasteiger partial charge in [0.05, 0.1) is 33.6 Å². The van der Waals surface area contributed by atoms with E-state index in [0.717, 1.165) is 24.2 Å². The number of piperidine rings is 1. The number of nitrogens with zero attached hydrogens (tertiary/aromatic N) is 1. The van der Waals surface area contributed by atoms with Crippen molar-refractivity contribution in [2.24, 2.45) is 5.92 Å². The van der Waals surface area contributed by atoms with E-state index < -0.39 is 0 Å². The summed E-state index contributed by atoms with van der Waals surface area (Å²) < 4.78 is 21.5. The minimum atomic E-state index is -0.197. The quantitative estimate of drug-likeness (QED) is 0.527. The van der Waals surface area contributed by atoms with Crippen LogP contribution in [-0.4, -0.2) is 57.9 Å². The molecule has 35 heavy (non-hydrogen) atoms. The normalized spacial score (nSPS) is 13.7. The van der Waals surface area contributed by atoms with Gasteiger partial charge in [0.25, 0.3) is 0 Å². The molecule has 1 heterocycles. The van der Waals surface area contributed by atoms with Crippen LogP contribution < -0.4 is 29.6 Å². The van der Waals surface area contributed by atoms with Crippen molar-refractivity contribution < 1.29 is 28.5 Å². The number of anilines is 1. The summed E-state index contributed by atoms with van der Waals surface area (Å²) in [7, 11) is 4.59. The third-order valence-corrected chi connectivity index (χ3v) is 6.02. The summed E-state index contributed by atoms with van der Waals surface area (Å²) in [6, 6.07) is 10.9. The van der Waals surface area contributed by atoms with Gasteiger partial charge >= 0.3 is 6.03 Å². The molecule has 1 fully saturated rings. The molecule has 2 N–H and O–H groups in total. The molecule has 1 saturated heterocycles. The molecule has 3 rings (SSSR count). The number of urea groups is 1. The number of rotatable bonds is 10. The van der Waals surface area contributed by atoms with Crippen molar-refractivity contribution in [3.63, 3.8) is 0 Å². The van der Waals surface area contributed by atoms with Crippen LogP contribution in [0.5, 0.6) is 23.0 Å². The summed E-state index contributed by atoms with van der Waals surface area (Å²) in [6.45, 7) is 4.24. The summed E-state index contributed by atoms with van der Waals surface area (Å²) in [6.07, 6.45) is 2.01. The first-order valence-corrected chi connectivity index (χ1v) is 11.8. The van der Waals surface area contributed by atoms with E-state index in [0.29, 0.717) is 55.6 Å². The molecule has 2 aromatic rings. The zero-order chi connectivity index (χ0) is 25.2. The van der Waals surface area contributed by atoms with E-state index in [4.69, 9.17) is 18.9 Å². The van der Waals surface area contributed by atoms with Crippen molar-refractivity contribution in [2.75, 3.05) is 46.3 Å². The molecule has 2 aromatic carbocycles. The molecule has 0 saturated carbocycles.